The van der Waals surface area contributed by atoms with Gasteiger partial charge < -0.3 is 0 Å². The van der Waals surface area contributed by atoms with E-state index in [4.69, 9.17) is 6.42 Å². The van der Waals surface area contributed by atoms with E-state index in [9.17, 15) is 0 Å². The zero-order valence-electron chi connectivity index (χ0n) is 16.5. The fraction of sp³-hybridized carbons (Fsp3) is 0.826. The molecule has 4 atom stereocenters. The molecule has 2 aliphatic rings. The first-order valence-corrected chi connectivity index (χ1v) is 10.1. The second-order valence-electron chi connectivity index (χ2n) is 8.41. The number of allylic oxidation sites excluding steroid dienone is 2. The highest BCUT2D eigenvalue weighted by Gasteiger charge is 2.37. The third kappa shape index (κ3) is 6.37. The SMILES string of the molecule is C#CCC1(C)CCC/C(=C\CC)C1CC.CC1CCCC(C)C1. The molecule has 0 spiro atoms. The van der Waals surface area contributed by atoms with E-state index < -0.39 is 0 Å². The van der Waals surface area contributed by atoms with E-state index in [1.165, 1.54) is 51.4 Å². The largest absolute Gasteiger partial charge is 0.120 e. The van der Waals surface area contributed by atoms with Crippen molar-refractivity contribution in [2.45, 2.75) is 98.8 Å². The van der Waals surface area contributed by atoms with E-state index in [1.807, 2.05) is 0 Å². The topological polar surface area (TPSA) is 0 Å². The van der Waals surface area contributed by atoms with Crippen LogP contribution in [-0.2, 0) is 0 Å². The maximum absolute atomic E-state index is 5.51. The Morgan fingerprint density at radius 3 is 2.26 bits per heavy atom. The standard InChI is InChI=1S/C15H24.C8H16/c1-5-9-13-10-8-12-15(4,11-6-2)14(13)7-3;1-7-4-3-5-8(2)6-7/h2,9,14H,5,7-8,10-12H2,1,3-4H3;7-8H,3-6H2,1-2H3/b13-9+;. The van der Waals surface area contributed by atoms with E-state index in [2.05, 4.69) is 46.6 Å². The summed E-state index contributed by atoms with van der Waals surface area (Å²) in [6.07, 6.45) is 21.1. The molecular formula is C23H40. The molecule has 23 heavy (non-hydrogen) atoms. The molecule has 2 fully saturated rings. The molecule has 0 amide bonds. The minimum absolute atomic E-state index is 0.364. The smallest absolute Gasteiger partial charge is 0.0146 e. The minimum atomic E-state index is 0.364. The van der Waals surface area contributed by atoms with E-state index >= 15 is 0 Å². The van der Waals surface area contributed by atoms with Crippen LogP contribution >= 0.6 is 0 Å². The zero-order valence-corrected chi connectivity index (χ0v) is 16.5. The highest BCUT2D eigenvalue weighted by Crippen LogP contribution is 2.47. The molecule has 2 aliphatic carbocycles. The molecule has 0 aromatic rings. The molecular weight excluding hydrogens is 276 g/mol. The molecule has 0 heterocycles. The van der Waals surface area contributed by atoms with Gasteiger partial charge in [-0.1, -0.05) is 65.5 Å². The van der Waals surface area contributed by atoms with Crippen molar-refractivity contribution in [2.24, 2.45) is 23.2 Å². The highest BCUT2D eigenvalue weighted by atomic mass is 14.4. The van der Waals surface area contributed by atoms with Crippen LogP contribution in [0.15, 0.2) is 11.6 Å². The van der Waals surface area contributed by atoms with Crippen molar-refractivity contribution in [2.75, 3.05) is 0 Å². The summed E-state index contributed by atoms with van der Waals surface area (Å²) in [6.45, 7) is 11.6. The van der Waals surface area contributed by atoms with Crippen LogP contribution < -0.4 is 0 Å². The second kappa shape index (κ2) is 10.2. The Morgan fingerprint density at radius 2 is 1.83 bits per heavy atom. The predicted molar refractivity (Wildman–Crippen MR) is 104 cm³/mol. The van der Waals surface area contributed by atoms with Gasteiger partial charge in [0.2, 0.25) is 0 Å². The number of terminal acetylenes is 1. The molecule has 0 N–H and O–H groups in total. The molecule has 0 saturated heterocycles. The zero-order chi connectivity index (χ0) is 17.3. The van der Waals surface area contributed by atoms with Crippen LogP contribution in [0.2, 0.25) is 0 Å². The van der Waals surface area contributed by atoms with Gasteiger partial charge in [-0.05, 0) is 61.7 Å². The van der Waals surface area contributed by atoms with Crippen LogP contribution in [-0.4, -0.2) is 0 Å². The van der Waals surface area contributed by atoms with Gasteiger partial charge in [-0.3, -0.25) is 0 Å². The lowest BCUT2D eigenvalue weighted by Gasteiger charge is -2.42. The van der Waals surface area contributed by atoms with Crippen molar-refractivity contribution in [3.63, 3.8) is 0 Å². The normalized spacial score (nSPS) is 36.0. The van der Waals surface area contributed by atoms with Crippen molar-refractivity contribution in [1.82, 2.24) is 0 Å². The van der Waals surface area contributed by atoms with Crippen molar-refractivity contribution >= 4 is 0 Å². The summed E-state index contributed by atoms with van der Waals surface area (Å²) in [5.41, 5.74) is 2.03. The molecule has 0 radical (unpaired) electrons. The number of hydrogen-bond donors (Lipinski definition) is 0. The van der Waals surface area contributed by atoms with Gasteiger partial charge in [0.15, 0.2) is 0 Å². The van der Waals surface area contributed by atoms with E-state index in [-0.39, 0.29) is 0 Å². The first kappa shape index (κ1) is 20.3. The molecule has 0 heteroatoms. The van der Waals surface area contributed by atoms with Crippen LogP contribution in [0.3, 0.4) is 0 Å². The van der Waals surface area contributed by atoms with Gasteiger partial charge in [-0.25, -0.2) is 0 Å². The average Bonchev–Trinajstić information content (AvgIpc) is 2.48. The third-order valence-electron chi connectivity index (χ3n) is 6.08. The highest BCUT2D eigenvalue weighted by molar-refractivity contribution is 5.15. The second-order valence-corrected chi connectivity index (χ2v) is 8.41. The van der Waals surface area contributed by atoms with Crippen LogP contribution in [0.5, 0.6) is 0 Å². The summed E-state index contributed by atoms with van der Waals surface area (Å²) in [6, 6.07) is 0. The molecule has 4 unspecified atom stereocenters. The Balaban J connectivity index is 0.000000277. The fourth-order valence-electron chi connectivity index (χ4n) is 4.94. The Bertz CT molecular complexity index is 389. The van der Waals surface area contributed by atoms with E-state index in [0.29, 0.717) is 5.41 Å². The first-order valence-electron chi connectivity index (χ1n) is 10.1. The fourth-order valence-corrected chi connectivity index (χ4v) is 4.94. The molecule has 0 aromatic carbocycles. The van der Waals surface area contributed by atoms with Crippen molar-refractivity contribution in [3.05, 3.63) is 11.6 Å². The monoisotopic (exact) mass is 316 g/mol. The summed E-state index contributed by atoms with van der Waals surface area (Å²) in [5.74, 6) is 5.63. The lowest BCUT2D eigenvalue weighted by molar-refractivity contribution is 0.164. The van der Waals surface area contributed by atoms with Gasteiger partial charge in [0.05, 0.1) is 0 Å². The Morgan fingerprint density at radius 1 is 1.17 bits per heavy atom. The van der Waals surface area contributed by atoms with Crippen molar-refractivity contribution in [1.29, 1.82) is 0 Å². The quantitative estimate of drug-likeness (QED) is 0.376. The molecule has 0 nitrogen and oxygen atoms in total. The summed E-state index contributed by atoms with van der Waals surface area (Å²) in [4.78, 5) is 0. The van der Waals surface area contributed by atoms with Gasteiger partial charge in [0.25, 0.3) is 0 Å². The summed E-state index contributed by atoms with van der Waals surface area (Å²) >= 11 is 0. The van der Waals surface area contributed by atoms with Gasteiger partial charge in [0.1, 0.15) is 0 Å². The number of hydrogen-bond acceptors (Lipinski definition) is 0. The Kier molecular flexibility index (Phi) is 9.04. The van der Waals surface area contributed by atoms with Crippen LogP contribution in [0.4, 0.5) is 0 Å². The van der Waals surface area contributed by atoms with Crippen LogP contribution in [0, 0.1) is 35.5 Å². The molecule has 2 saturated carbocycles. The Hall–Kier alpha value is -0.700. The van der Waals surface area contributed by atoms with E-state index in [1.54, 1.807) is 5.57 Å². The predicted octanol–water partition coefficient (Wildman–Crippen LogP) is 7.40. The van der Waals surface area contributed by atoms with Gasteiger partial charge in [-0.2, -0.15) is 0 Å². The third-order valence-corrected chi connectivity index (χ3v) is 6.08. The summed E-state index contributed by atoms with van der Waals surface area (Å²) < 4.78 is 0. The lowest BCUT2D eigenvalue weighted by atomic mass is 9.62. The maximum Gasteiger partial charge on any atom is 0.0146 e. The minimum Gasteiger partial charge on any atom is -0.120 e. The summed E-state index contributed by atoms with van der Waals surface area (Å²) in [5, 5.41) is 0. The Labute approximate surface area is 146 Å². The van der Waals surface area contributed by atoms with Crippen molar-refractivity contribution in [3.8, 4) is 12.3 Å². The maximum atomic E-state index is 5.51. The molecule has 0 aromatic heterocycles. The molecule has 0 bridgehead atoms. The first-order chi connectivity index (χ1) is 11.0. The van der Waals surface area contributed by atoms with Gasteiger partial charge in [-0.15, -0.1) is 12.3 Å². The van der Waals surface area contributed by atoms with Crippen LogP contribution in [0.1, 0.15) is 98.8 Å². The summed E-state index contributed by atoms with van der Waals surface area (Å²) in [7, 11) is 0. The average molecular weight is 317 g/mol. The molecule has 2 rings (SSSR count). The number of rotatable bonds is 3. The molecule has 0 aliphatic heterocycles. The van der Waals surface area contributed by atoms with Gasteiger partial charge in [0, 0.05) is 6.42 Å². The van der Waals surface area contributed by atoms with Crippen LogP contribution in [0.25, 0.3) is 0 Å². The van der Waals surface area contributed by atoms with Crippen molar-refractivity contribution < 1.29 is 0 Å². The van der Waals surface area contributed by atoms with E-state index in [0.717, 1.165) is 30.6 Å². The van der Waals surface area contributed by atoms with Gasteiger partial charge >= 0.3 is 0 Å². The lowest BCUT2D eigenvalue weighted by Crippen LogP contribution is -2.32. The molecule has 132 valence electrons.